The summed E-state index contributed by atoms with van der Waals surface area (Å²) >= 11 is 5.46. The fourth-order valence-electron chi connectivity index (χ4n) is 3.05. The van der Waals surface area contributed by atoms with Crippen LogP contribution in [-0.2, 0) is 6.54 Å². The van der Waals surface area contributed by atoms with Gasteiger partial charge in [-0.3, -0.25) is 0 Å². The van der Waals surface area contributed by atoms with Crippen LogP contribution >= 0.6 is 51.7 Å². The van der Waals surface area contributed by atoms with Crippen molar-refractivity contribution in [2.45, 2.75) is 44.0 Å². The first kappa shape index (κ1) is 20.8. The summed E-state index contributed by atoms with van der Waals surface area (Å²) in [5, 5.41) is 7.70. The van der Waals surface area contributed by atoms with Crippen molar-refractivity contribution in [3.05, 3.63) is 34.7 Å². The molecule has 1 fully saturated rings. The Bertz CT molecular complexity index is 720. The standard InChI is InChI=1S/C17H24BrN5S.HI/c1-3-19-17(22-13-5-6-15(8-13)24-2)20-9-14-11-23-10-12(18)4-7-16(23)21-14;/h4,7,10-11,13,15H,3,5-6,8-9H2,1-2H3,(H2,19,20,22);1H. The zero-order chi connectivity index (χ0) is 16.9. The van der Waals surface area contributed by atoms with Gasteiger partial charge in [-0.25, -0.2) is 9.98 Å². The maximum Gasteiger partial charge on any atom is 0.191 e. The number of halogens is 2. The topological polar surface area (TPSA) is 53.7 Å². The number of hydrogen-bond acceptors (Lipinski definition) is 3. The van der Waals surface area contributed by atoms with Gasteiger partial charge in [-0.1, -0.05) is 0 Å². The Kier molecular flexibility index (Phi) is 8.34. The third-order valence-electron chi connectivity index (χ3n) is 4.27. The summed E-state index contributed by atoms with van der Waals surface area (Å²) in [6.45, 7) is 3.54. The molecule has 138 valence electrons. The van der Waals surface area contributed by atoms with E-state index in [-0.39, 0.29) is 24.0 Å². The Morgan fingerprint density at radius 1 is 1.40 bits per heavy atom. The lowest BCUT2D eigenvalue weighted by atomic mass is 10.2. The number of nitrogens with zero attached hydrogens (tertiary/aromatic N) is 3. The number of guanidine groups is 1. The number of aliphatic imine (C=N–C) groups is 1. The maximum atomic E-state index is 4.72. The maximum absolute atomic E-state index is 4.72. The SMILES string of the molecule is CCNC(=NCc1cn2cc(Br)ccc2n1)NC1CCC(SC)C1.I. The smallest absolute Gasteiger partial charge is 0.191 e. The molecule has 5 nitrogen and oxygen atoms in total. The Labute approximate surface area is 179 Å². The minimum atomic E-state index is 0. The molecule has 0 saturated heterocycles. The van der Waals surface area contributed by atoms with Gasteiger partial charge < -0.3 is 15.0 Å². The molecule has 0 aromatic carbocycles. The van der Waals surface area contributed by atoms with Crippen molar-refractivity contribution in [1.82, 2.24) is 20.0 Å². The molecule has 2 heterocycles. The molecule has 1 aliphatic carbocycles. The van der Waals surface area contributed by atoms with Gasteiger partial charge in [0.1, 0.15) is 5.65 Å². The highest BCUT2D eigenvalue weighted by atomic mass is 127. The quantitative estimate of drug-likeness (QED) is 0.343. The van der Waals surface area contributed by atoms with Gasteiger partial charge in [0, 0.05) is 34.7 Å². The Balaban J connectivity index is 0.00000225. The Morgan fingerprint density at radius 3 is 2.96 bits per heavy atom. The normalized spacial score (nSPS) is 20.5. The number of thioether (sulfide) groups is 1. The van der Waals surface area contributed by atoms with Crippen LogP contribution in [0.25, 0.3) is 5.65 Å². The lowest BCUT2D eigenvalue weighted by Gasteiger charge is -2.17. The fourth-order valence-corrected chi connectivity index (χ4v) is 4.20. The van der Waals surface area contributed by atoms with Crippen LogP contribution in [-0.4, -0.2) is 39.4 Å². The summed E-state index contributed by atoms with van der Waals surface area (Å²) in [6.07, 6.45) is 9.98. The van der Waals surface area contributed by atoms with E-state index in [0.717, 1.165) is 33.6 Å². The second kappa shape index (κ2) is 10.0. The van der Waals surface area contributed by atoms with Gasteiger partial charge in [-0.2, -0.15) is 11.8 Å². The number of pyridine rings is 1. The monoisotopic (exact) mass is 537 g/mol. The van der Waals surface area contributed by atoms with Crippen LogP contribution in [0, 0.1) is 0 Å². The lowest BCUT2D eigenvalue weighted by Crippen LogP contribution is -2.42. The summed E-state index contributed by atoms with van der Waals surface area (Å²) < 4.78 is 3.07. The molecule has 2 aromatic rings. The molecule has 0 bridgehead atoms. The zero-order valence-electron chi connectivity index (χ0n) is 14.5. The number of fused-ring (bicyclic) bond motifs is 1. The molecule has 0 radical (unpaired) electrons. The molecule has 2 atom stereocenters. The van der Waals surface area contributed by atoms with Gasteiger partial charge >= 0.3 is 0 Å². The minimum Gasteiger partial charge on any atom is -0.357 e. The largest absolute Gasteiger partial charge is 0.357 e. The minimum absolute atomic E-state index is 0. The van der Waals surface area contributed by atoms with Crippen LogP contribution in [0.15, 0.2) is 34.0 Å². The average Bonchev–Trinajstić information content (AvgIpc) is 3.18. The molecule has 2 aromatic heterocycles. The van der Waals surface area contributed by atoms with Crippen molar-refractivity contribution < 1.29 is 0 Å². The summed E-state index contributed by atoms with van der Waals surface area (Å²) in [4.78, 5) is 9.34. The number of imidazole rings is 1. The van der Waals surface area contributed by atoms with Crippen LogP contribution in [0.3, 0.4) is 0 Å². The van der Waals surface area contributed by atoms with Crippen LogP contribution < -0.4 is 10.6 Å². The summed E-state index contributed by atoms with van der Waals surface area (Å²) in [7, 11) is 0. The number of aromatic nitrogens is 2. The first-order valence-electron chi connectivity index (χ1n) is 8.38. The first-order chi connectivity index (χ1) is 11.7. The number of nitrogens with one attached hydrogen (secondary N) is 2. The summed E-state index contributed by atoms with van der Waals surface area (Å²) in [6, 6.07) is 4.53. The Hall–Kier alpha value is -0.480. The zero-order valence-corrected chi connectivity index (χ0v) is 19.3. The second-order valence-electron chi connectivity index (χ2n) is 6.05. The third-order valence-corrected chi connectivity index (χ3v) is 5.83. The van der Waals surface area contributed by atoms with Crippen molar-refractivity contribution in [3.63, 3.8) is 0 Å². The Morgan fingerprint density at radius 2 is 2.24 bits per heavy atom. The van der Waals surface area contributed by atoms with Crippen molar-refractivity contribution in [2.75, 3.05) is 12.8 Å². The lowest BCUT2D eigenvalue weighted by molar-refractivity contribution is 0.615. The predicted molar refractivity (Wildman–Crippen MR) is 121 cm³/mol. The molecule has 0 spiro atoms. The molecular formula is C17H25BrIN5S. The molecule has 0 amide bonds. The molecule has 0 aliphatic heterocycles. The number of hydrogen-bond donors (Lipinski definition) is 2. The molecule has 2 N–H and O–H groups in total. The second-order valence-corrected chi connectivity index (χ2v) is 8.11. The fraction of sp³-hybridized carbons (Fsp3) is 0.529. The van der Waals surface area contributed by atoms with Crippen molar-refractivity contribution in [3.8, 4) is 0 Å². The van der Waals surface area contributed by atoms with E-state index in [2.05, 4.69) is 44.7 Å². The first-order valence-corrected chi connectivity index (χ1v) is 10.5. The predicted octanol–water partition coefficient (Wildman–Crippen LogP) is 4.05. The average molecular weight is 538 g/mol. The van der Waals surface area contributed by atoms with Crippen molar-refractivity contribution >= 4 is 63.3 Å². The summed E-state index contributed by atoms with van der Waals surface area (Å²) in [5.74, 6) is 0.891. The van der Waals surface area contributed by atoms with E-state index in [0.29, 0.717) is 12.6 Å². The van der Waals surface area contributed by atoms with Gasteiger partial charge in [0.15, 0.2) is 5.96 Å². The van der Waals surface area contributed by atoms with E-state index < -0.39 is 0 Å². The highest BCUT2D eigenvalue weighted by Crippen LogP contribution is 2.28. The molecule has 2 unspecified atom stereocenters. The third kappa shape index (κ3) is 5.75. The van der Waals surface area contributed by atoms with E-state index >= 15 is 0 Å². The van der Waals surface area contributed by atoms with Gasteiger partial charge in [0.25, 0.3) is 0 Å². The van der Waals surface area contributed by atoms with Gasteiger partial charge in [0.2, 0.25) is 0 Å². The van der Waals surface area contributed by atoms with Crippen LogP contribution in [0.5, 0.6) is 0 Å². The summed E-state index contributed by atoms with van der Waals surface area (Å²) in [5.41, 5.74) is 1.92. The molecule has 25 heavy (non-hydrogen) atoms. The van der Waals surface area contributed by atoms with Crippen LogP contribution in [0.4, 0.5) is 0 Å². The molecular weight excluding hydrogens is 513 g/mol. The van der Waals surface area contributed by atoms with E-state index in [1.807, 2.05) is 40.7 Å². The van der Waals surface area contributed by atoms with Crippen molar-refractivity contribution in [2.24, 2.45) is 4.99 Å². The van der Waals surface area contributed by atoms with Gasteiger partial charge in [0.05, 0.1) is 12.2 Å². The number of rotatable bonds is 5. The molecule has 8 heteroatoms. The van der Waals surface area contributed by atoms with E-state index in [4.69, 9.17) is 4.99 Å². The van der Waals surface area contributed by atoms with Gasteiger partial charge in [-0.05, 0) is 60.5 Å². The van der Waals surface area contributed by atoms with E-state index in [1.165, 1.54) is 19.3 Å². The van der Waals surface area contributed by atoms with E-state index in [1.54, 1.807) is 0 Å². The van der Waals surface area contributed by atoms with Gasteiger partial charge in [-0.15, -0.1) is 24.0 Å². The van der Waals surface area contributed by atoms with Crippen molar-refractivity contribution in [1.29, 1.82) is 0 Å². The molecule has 1 aliphatic rings. The van der Waals surface area contributed by atoms with E-state index in [9.17, 15) is 0 Å². The van der Waals surface area contributed by atoms with Crippen LogP contribution in [0.1, 0.15) is 31.9 Å². The molecule has 3 rings (SSSR count). The molecule has 1 saturated carbocycles. The van der Waals surface area contributed by atoms with Crippen LogP contribution in [0.2, 0.25) is 0 Å². The highest BCUT2D eigenvalue weighted by Gasteiger charge is 2.24. The highest BCUT2D eigenvalue weighted by molar-refractivity contribution is 14.0.